The van der Waals surface area contributed by atoms with Crippen molar-refractivity contribution in [2.45, 2.75) is 96.8 Å². The SMILES string of the molecule is CCCCCCCCCCCCCCCCOCCOCCOCCOCCOCCOCCOCCOc1ccccc1. The second-order valence-corrected chi connectivity index (χ2v) is 11.0. The standard InChI is InChI=1S/C36H66O8/c1-2-3-4-5-6-7-8-9-10-11-12-13-14-18-21-37-22-23-38-24-25-39-26-27-40-28-29-41-30-31-42-32-33-43-34-35-44-36-19-16-15-17-20-36/h15-17,19-20H,2-14,18,21-35H2,1H3. The van der Waals surface area contributed by atoms with Gasteiger partial charge in [-0.05, 0) is 18.6 Å². The lowest BCUT2D eigenvalue weighted by Crippen LogP contribution is -2.15. The summed E-state index contributed by atoms with van der Waals surface area (Å²) in [6.45, 7) is 11.0. The molecule has 8 heteroatoms. The first-order valence-corrected chi connectivity index (χ1v) is 17.7. The lowest BCUT2D eigenvalue weighted by atomic mass is 10.0. The quantitative estimate of drug-likeness (QED) is 0.0697. The topological polar surface area (TPSA) is 73.8 Å². The van der Waals surface area contributed by atoms with Crippen molar-refractivity contribution in [2.75, 3.05) is 99.1 Å². The summed E-state index contributed by atoms with van der Waals surface area (Å²) in [7, 11) is 0. The lowest BCUT2D eigenvalue weighted by Gasteiger charge is -2.09. The van der Waals surface area contributed by atoms with Gasteiger partial charge in [-0.15, -0.1) is 0 Å². The van der Waals surface area contributed by atoms with Crippen LogP contribution in [0.5, 0.6) is 5.75 Å². The lowest BCUT2D eigenvalue weighted by molar-refractivity contribution is -0.0213. The van der Waals surface area contributed by atoms with E-state index in [-0.39, 0.29) is 0 Å². The maximum absolute atomic E-state index is 5.68. The third kappa shape index (κ3) is 32.1. The van der Waals surface area contributed by atoms with Crippen LogP contribution in [0.4, 0.5) is 0 Å². The van der Waals surface area contributed by atoms with E-state index in [1.807, 2.05) is 30.3 Å². The minimum Gasteiger partial charge on any atom is -0.491 e. The Morgan fingerprint density at radius 3 is 0.977 bits per heavy atom. The third-order valence-corrected chi connectivity index (χ3v) is 7.11. The van der Waals surface area contributed by atoms with Gasteiger partial charge < -0.3 is 37.9 Å². The molecule has 0 aromatic heterocycles. The van der Waals surface area contributed by atoms with Crippen LogP contribution >= 0.6 is 0 Å². The highest BCUT2D eigenvalue weighted by Crippen LogP contribution is 2.13. The van der Waals surface area contributed by atoms with Crippen LogP contribution in [0.3, 0.4) is 0 Å². The zero-order chi connectivity index (χ0) is 31.3. The fraction of sp³-hybridized carbons (Fsp3) is 0.833. The van der Waals surface area contributed by atoms with Gasteiger partial charge in [0.1, 0.15) is 12.4 Å². The molecule has 0 heterocycles. The van der Waals surface area contributed by atoms with Crippen molar-refractivity contribution < 1.29 is 37.9 Å². The molecule has 0 amide bonds. The highest BCUT2D eigenvalue weighted by atomic mass is 16.6. The van der Waals surface area contributed by atoms with E-state index in [0.717, 1.165) is 18.8 Å². The first-order chi connectivity index (χ1) is 21.9. The molecule has 0 spiro atoms. The van der Waals surface area contributed by atoms with Crippen LogP contribution in [0.2, 0.25) is 0 Å². The van der Waals surface area contributed by atoms with Gasteiger partial charge in [0.05, 0.1) is 85.9 Å². The van der Waals surface area contributed by atoms with Crippen molar-refractivity contribution >= 4 is 0 Å². The summed E-state index contributed by atoms with van der Waals surface area (Å²) in [5, 5.41) is 0. The molecule has 0 fully saturated rings. The Kier molecular flexibility index (Phi) is 33.5. The van der Waals surface area contributed by atoms with Crippen molar-refractivity contribution in [3.63, 3.8) is 0 Å². The van der Waals surface area contributed by atoms with E-state index in [9.17, 15) is 0 Å². The Hall–Kier alpha value is -1.26. The van der Waals surface area contributed by atoms with Crippen LogP contribution in [-0.4, -0.2) is 99.1 Å². The molecule has 0 radical (unpaired) electrons. The van der Waals surface area contributed by atoms with Gasteiger partial charge in [0.2, 0.25) is 0 Å². The van der Waals surface area contributed by atoms with Gasteiger partial charge in [-0.3, -0.25) is 0 Å². The Morgan fingerprint density at radius 1 is 0.318 bits per heavy atom. The summed E-state index contributed by atoms with van der Waals surface area (Å²) in [5.41, 5.74) is 0. The van der Waals surface area contributed by atoms with Gasteiger partial charge in [0.25, 0.3) is 0 Å². The van der Waals surface area contributed by atoms with E-state index in [0.29, 0.717) is 92.5 Å². The van der Waals surface area contributed by atoms with Gasteiger partial charge in [0, 0.05) is 6.61 Å². The maximum atomic E-state index is 5.68. The highest BCUT2D eigenvalue weighted by Gasteiger charge is 1.97. The average molecular weight is 627 g/mol. The zero-order valence-corrected chi connectivity index (χ0v) is 28.2. The van der Waals surface area contributed by atoms with Gasteiger partial charge in [-0.1, -0.05) is 109 Å². The Labute approximate surface area is 269 Å². The van der Waals surface area contributed by atoms with E-state index >= 15 is 0 Å². The van der Waals surface area contributed by atoms with Crippen molar-refractivity contribution in [3.8, 4) is 5.75 Å². The maximum Gasteiger partial charge on any atom is 0.119 e. The molecule has 0 aliphatic rings. The van der Waals surface area contributed by atoms with E-state index in [1.165, 1.54) is 83.5 Å². The van der Waals surface area contributed by atoms with Crippen LogP contribution in [0.15, 0.2) is 30.3 Å². The number of hydrogen-bond donors (Lipinski definition) is 0. The molecule has 0 atom stereocenters. The van der Waals surface area contributed by atoms with Crippen LogP contribution in [0.1, 0.15) is 96.8 Å². The molecule has 1 rings (SSSR count). The third-order valence-electron chi connectivity index (χ3n) is 7.11. The predicted octanol–water partition coefficient (Wildman–Crippen LogP) is 7.66. The number of hydrogen-bond acceptors (Lipinski definition) is 8. The van der Waals surface area contributed by atoms with E-state index in [2.05, 4.69) is 6.92 Å². The molecule has 44 heavy (non-hydrogen) atoms. The normalized spacial score (nSPS) is 11.4. The Bertz CT molecular complexity index is 648. The molecule has 1 aromatic rings. The summed E-state index contributed by atoms with van der Waals surface area (Å²) in [6, 6.07) is 9.72. The number of unbranched alkanes of at least 4 members (excludes halogenated alkanes) is 13. The smallest absolute Gasteiger partial charge is 0.119 e. The van der Waals surface area contributed by atoms with Crippen LogP contribution in [0.25, 0.3) is 0 Å². The largest absolute Gasteiger partial charge is 0.491 e. The fourth-order valence-electron chi connectivity index (χ4n) is 4.56. The van der Waals surface area contributed by atoms with Crippen LogP contribution in [0, 0.1) is 0 Å². The van der Waals surface area contributed by atoms with Crippen LogP contribution < -0.4 is 4.74 Å². The van der Waals surface area contributed by atoms with Gasteiger partial charge >= 0.3 is 0 Å². The van der Waals surface area contributed by atoms with Gasteiger partial charge in [0.15, 0.2) is 0 Å². The molecular weight excluding hydrogens is 560 g/mol. The molecule has 0 aliphatic carbocycles. The van der Waals surface area contributed by atoms with Crippen LogP contribution in [-0.2, 0) is 33.2 Å². The predicted molar refractivity (Wildman–Crippen MR) is 178 cm³/mol. The number of rotatable bonds is 37. The van der Waals surface area contributed by atoms with Gasteiger partial charge in [-0.25, -0.2) is 0 Å². The molecule has 0 saturated heterocycles. The van der Waals surface area contributed by atoms with E-state index in [4.69, 9.17) is 37.9 Å². The highest BCUT2D eigenvalue weighted by molar-refractivity contribution is 5.20. The number of ether oxygens (including phenoxy) is 8. The van der Waals surface area contributed by atoms with Crippen molar-refractivity contribution in [3.05, 3.63) is 30.3 Å². The Morgan fingerprint density at radius 2 is 0.614 bits per heavy atom. The molecule has 0 saturated carbocycles. The molecule has 0 aliphatic heterocycles. The molecule has 0 bridgehead atoms. The molecule has 0 unspecified atom stereocenters. The number of benzene rings is 1. The summed E-state index contributed by atoms with van der Waals surface area (Å²) in [4.78, 5) is 0. The molecular formula is C36H66O8. The van der Waals surface area contributed by atoms with Crippen molar-refractivity contribution in [2.24, 2.45) is 0 Å². The van der Waals surface area contributed by atoms with Gasteiger partial charge in [-0.2, -0.15) is 0 Å². The second kappa shape index (κ2) is 36.2. The van der Waals surface area contributed by atoms with Crippen molar-refractivity contribution in [1.82, 2.24) is 0 Å². The van der Waals surface area contributed by atoms with Crippen molar-refractivity contribution in [1.29, 1.82) is 0 Å². The minimum absolute atomic E-state index is 0.529. The minimum atomic E-state index is 0.529. The first-order valence-electron chi connectivity index (χ1n) is 17.7. The number of para-hydroxylation sites is 1. The monoisotopic (exact) mass is 626 g/mol. The molecule has 8 nitrogen and oxygen atoms in total. The molecule has 0 N–H and O–H groups in total. The summed E-state index contributed by atoms with van der Waals surface area (Å²) in [5.74, 6) is 0.854. The zero-order valence-electron chi connectivity index (χ0n) is 28.2. The molecule has 1 aromatic carbocycles. The summed E-state index contributed by atoms with van der Waals surface area (Å²) < 4.78 is 44.3. The molecule has 258 valence electrons. The average Bonchev–Trinajstić information content (AvgIpc) is 3.05. The fourth-order valence-corrected chi connectivity index (χ4v) is 4.56. The Balaban J connectivity index is 1.61. The second-order valence-electron chi connectivity index (χ2n) is 11.0. The summed E-state index contributed by atoms with van der Waals surface area (Å²) in [6.07, 6.45) is 19.3. The summed E-state index contributed by atoms with van der Waals surface area (Å²) >= 11 is 0. The van der Waals surface area contributed by atoms with E-state index < -0.39 is 0 Å². The first kappa shape index (κ1) is 40.8. The van der Waals surface area contributed by atoms with E-state index in [1.54, 1.807) is 0 Å².